The molecule has 0 aliphatic carbocycles. The van der Waals surface area contributed by atoms with Gasteiger partial charge in [0.05, 0.1) is 0 Å². The maximum Gasteiger partial charge on any atom is 0.00928 e. The van der Waals surface area contributed by atoms with E-state index < -0.39 is 0 Å². The average Bonchev–Trinajstić information content (AvgIpc) is 2.64. The van der Waals surface area contributed by atoms with Crippen molar-refractivity contribution in [3.63, 3.8) is 0 Å². The summed E-state index contributed by atoms with van der Waals surface area (Å²) in [5.41, 5.74) is 10.9. The van der Waals surface area contributed by atoms with Crippen LogP contribution in [0.1, 0.15) is 162 Å². The summed E-state index contributed by atoms with van der Waals surface area (Å²) in [5, 5.41) is 0. The van der Waals surface area contributed by atoms with E-state index in [2.05, 4.69) is 141 Å². The third-order valence-electron chi connectivity index (χ3n) is 7.51. The van der Waals surface area contributed by atoms with Crippen molar-refractivity contribution < 1.29 is 0 Å². The summed E-state index contributed by atoms with van der Waals surface area (Å²) in [7, 11) is 0. The number of rotatable bonds is 3. The normalized spacial score (nSPS) is 14.9. The van der Waals surface area contributed by atoms with E-state index in [0.717, 1.165) is 6.42 Å². The van der Waals surface area contributed by atoms with Crippen molar-refractivity contribution in [2.45, 2.75) is 150 Å². The van der Waals surface area contributed by atoms with E-state index >= 15 is 0 Å². The van der Waals surface area contributed by atoms with Gasteiger partial charge in [-0.3, -0.25) is 0 Å². The van der Waals surface area contributed by atoms with Crippen LogP contribution in [0.3, 0.4) is 0 Å². The monoisotopic (exact) mass is 476 g/mol. The second kappa shape index (κ2) is 9.39. The quantitative estimate of drug-likeness (QED) is 0.413. The predicted molar refractivity (Wildman–Crippen MR) is 159 cm³/mol. The molecular formula is C35H56. The van der Waals surface area contributed by atoms with Crippen molar-refractivity contribution in [2.75, 3.05) is 0 Å². The van der Waals surface area contributed by atoms with Crippen LogP contribution in [0.25, 0.3) is 0 Å². The van der Waals surface area contributed by atoms with Gasteiger partial charge in [0.15, 0.2) is 0 Å². The van der Waals surface area contributed by atoms with Gasteiger partial charge < -0.3 is 0 Å². The molecule has 2 rings (SSSR count). The van der Waals surface area contributed by atoms with Crippen molar-refractivity contribution in [1.29, 1.82) is 0 Å². The number of hydrogen-bond acceptors (Lipinski definition) is 0. The standard InChI is InChI=1S/C35H56/c1-17-27(23-18-24(31(2,3)4)20-25(19-23)32(5,6)7)30-28(34(11,12)13)21-26(33(8,9)10)22-29(30)35(14,15)16/h18-22,27H,17H2,1-16H3. The lowest BCUT2D eigenvalue weighted by atomic mass is 9.67. The molecule has 0 aliphatic heterocycles. The first-order valence-electron chi connectivity index (χ1n) is 13.8. The molecule has 0 saturated carbocycles. The van der Waals surface area contributed by atoms with E-state index in [1.54, 1.807) is 5.56 Å². The molecule has 0 nitrogen and oxygen atoms in total. The molecular weight excluding hydrogens is 420 g/mol. The lowest BCUT2D eigenvalue weighted by Crippen LogP contribution is -2.26. The van der Waals surface area contributed by atoms with Crippen molar-refractivity contribution in [3.8, 4) is 0 Å². The minimum absolute atomic E-state index is 0.0680. The Bertz CT molecular complexity index is 961. The predicted octanol–water partition coefficient (Wildman–Crippen LogP) is 10.7. The minimum Gasteiger partial charge on any atom is -0.0645 e. The highest BCUT2D eigenvalue weighted by atomic mass is 14.4. The topological polar surface area (TPSA) is 0 Å². The molecule has 0 aromatic heterocycles. The largest absolute Gasteiger partial charge is 0.0645 e. The van der Waals surface area contributed by atoms with Crippen LogP contribution in [0.5, 0.6) is 0 Å². The third-order valence-corrected chi connectivity index (χ3v) is 7.51. The van der Waals surface area contributed by atoms with Crippen LogP contribution in [0, 0.1) is 0 Å². The first-order valence-corrected chi connectivity index (χ1v) is 13.8. The van der Waals surface area contributed by atoms with Crippen LogP contribution >= 0.6 is 0 Å². The van der Waals surface area contributed by atoms with Crippen molar-refractivity contribution >= 4 is 0 Å². The van der Waals surface area contributed by atoms with Crippen molar-refractivity contribution in [3.05, 3.63) is 69.3 Å². The molecule has 1 unspecified atom stereocenters. The highest BCUT2D eigenvalue weighted by Gasteiger charge is 2.33. The summed E-state index contributed by atoms with van der Waals surface area (Å²) >= 11 is 0. The van der Waals surface area contributed by atoms with Gasteiger partial charge in [-0.1, -0.05) is 141 Å². The van der Waals surface area contributed by atoms with Gasteiger partial charge >= 0.3 is 0 Å². The summed E-state index contributed by atoms with van der Waals surface area (Å²) in [6, 6.07) is 12.5. The zero-order valence-corrected chi connectivity index (χ0v) is 26.2. The molecule has 0 fully saturated rings. The van der Waals surface area contributed by atoms with E-state index in [1.807, 2.05) is 0 Å². The first-order chi connectivity index (χ1) is 15.5. The Labute approximate surface area is 219 Å². The van der Waals surface area contributed by atoms with Crippen molar-refractivity contribution in [2.24, 2.45) is 0 Å². The molecule has 35 heavy (non-hydrogen) atoms. The van der Waals surface area contributed by atoms with Gasteiger partial charge in [-0.25, -0.2) is 0 Å². The third kappa shape index (κ3) is 6.81. The molecule has 0 amide bonds. The molecule has 0 heterocycles. The maximum absolute atomic E-state index is 2.53. The summed E-state index contributed by atoms with van der Waals surface area (Å²) in [4.78, 5) is 0. The molecule has 0 aliphatic rings. The lowest BCUT2D eigenvalue weighted by Gasteiger charge is -2.37. The molecule has 2 aromatic rings. The van der Waals surface area contributed by atoms with Crippen LogP contribution in [-0.4, -0.2) is 0 Å². The summed E-state index contributed by atoms with van der Waals surface area (Å²) in [6.45, 7) is 37.9. The summed E-state index contributed by atoms with van der Waals surface area (Å²) in [5.74, 6) is 0.371. The molecule has 196 valence electrons. The van der Waals surface area contributed by atoms with Gasteiger partial charge in [0, 0.05) is 5.92 Å². The summed E-state index contributed by atoms with van der Waals surface area (Å²) < 4.78 is 0. The van der Waals surface area contributed by atoms with E-state index in [4.69, 9.17) is 0 Å². The SMILES string of the molecule is CCC(c1cc(C(C)(C)C)cc(C(C)(C)C)c1)c1c(C(C)(C)C)cc(C(C)(C)C)cc1C(C)(C)C. The highest BCUT2D eigenvalue weighted by molar-refractivity contribution is 5.53. The highest BCUT2D eigenvalue weighted by Crippen LogP contribution is 2.45. The molecule has 0 radical (unpaired) electrons. The van der Waals surface area contributed by atoms with Gasteiger partial charge in [0.2, 0.25) is 0 Å². The van der Waals surface area contributed by atoms with Gasteiger partial charge in [0.25, 0.3) is 0 Å². The van der Waals surface area contributed by atoms with Gasteiger partial charge in [-0.2, -0.15) is 0 Å². The van der Waals surface area contributed by atoms with Crippen LogP contribution in [0.4, 0.5) is 0 Å². The molecule has 0 heteroatoms. The Balaban J connectivity index is 3.05. The Kier molecular flexibility index (Phi) is 7.96. The molecule has 0 saturated heterocycles. The lowest BCUT2D eigenvalue weighted by molar-refractivity contribution is 0.527. The van der Waals surface area contributed by atoms with Crippen LogP contribution in [0.2, 0.25) is 0 Å². The number of hydrogen-bond donors (Lipinski definition) is 0. The Morgan fingerprint density at radius 1 is 0.457 bits per heavy atom. The maximum atomic E-state index is 2.53. The first kappa shape index (κ1) is 29.7. The molecule has 2 aromatic carbocycles. The molecule has 0 spiro atoms. The molecule has 0 bridgehead atoms. The van der Waals surface area contributed by atoms with E-state index in [0.29, 0.717) is 5.92 Å². The molecule has 0 N–H and O–H groups in total. The fourth-order valence-corrected chi connectivity index (χ4v) is 5.03. The number of benzene rings is 2. The van der Waals surface area contributed by atoms with Crippen LogP contribution < -0.4 is 0 Å². The second-order valence-corrected chi connectivity index (χ2v) is 16.0. The Morgan fingerprint density at radius 2 is 0.771 bits per heavy atom. The zero-order chi connectivity index (χ0) is 27.4. The zero-order valence-electron chi connectivity index (χ0n) is 26.2. The Morgan fingerprint density at radius 3 is 1.03 bits per heavy atom. The average molecular weight is 477 g/mol. The minimum atomic E-state index is 0.0680. The van der Waals surface area contributed by atoms with Gasteiger partial charge in [-0.15, -0.1) is 0 Å². The van der Waals surface area contributed by atoms with E-state index in [-0.39, 0.29) is 27.1 Å². The van der Waals surface area contributed by atoms with Gasteiger partial charge in [0.1, 0.15) is 0 Å². The smallest absolute Gasteiger partial charge is 0.00928 e. The van der Waals surface area contributed by atoms with E-state index in [1.165, 1.54) is 33.4 Å². The summed E-state index contributed by atoms with van der Waals surface area (Å²) in [6.07, 6.45) is 1.10. The fourth-order valence-electron chi connectivity index (χ4n) is 5.03. The second-order valence-electron chi connectivity index (χ2n) is 16.0. The fraction of sp³-hybridized carbons (Fsp3) is 0.657. The van der Waals surface area contributed by atoms with Crippen molar-refractivity contribution in [1.82, 2.24) is 0 Å². The molecule has 1 atom stereocenters. The van der Waals surface area contributed by atoms with Gasteiger partial charge in [-0.05, 0) is 72.4 Å². The van der Waals surface area contributed by atoms with E-state index in [9.17, 15) is 0 Å². The van der Waals surface area contributed by atoms with Crippen LogP contribution in [0.15, 0.2) is 30.3 Å². The van der Waals surface area contributed by atoms with Crippen LogP contribution in [-0.2, 0) is 27.1 Å². The Hall–Kier alpha value is -1.56.